The van der Waals surface area contributed by atoms with E-state index in [0.717, 1.165) is 23.1 Å². The molecular weight excluding hydrogens is 466 g/mol. The summed E-state index contributed by atoms with van der Waals surface area (Å²) >= 11 is 1.28. The number of nitriles is 1. The first kappa shape index (κ1) is 25.3. The Hall–Kier alpha value is -3.82. The number of nitrogens with one attached hydrogen (secondary N) is 1. The zero-order chi connectivity index (χ0) is 25.8. The quantitative estimate of drug-likeness (QED) is 0.325. The van der Waals surface area contributed by atoms with E-state index in [1.807, 2.05) is 55.5 Å². The SMILES string of the molecule is CCc1ccc(N2C(=O)C(Cc3ccc(C)c(C)c3)S/C2=C(/C#N)C(=O)Nc2cccc(C)c2)cc1. The number of hydrogen-bond acceptors (Lipinski definition) is 4. The molecule has 0 radical (unpaired) electrons. The minimum Gasteiger partial charge on any atom is -0.321 e. The molecule has 1 fully saturated rings. The van der Waals surface area contributed by atoms with Crippen LogP contribution in [0.4, 0.5) is 11.4 Å². The lowest BCUT2D eigenvalue weighted by Crippen LogP contribution is -2.31. The predicted molar refractivity (Wildman–Crippen MR) is 147 cm³/mol. The summed E-state index contributed by atoms with van der Waals surface area (Å²) in [7, 11) is 0. The van der Waals surface area contributed by atoms with Gasteiger partial charge in [-0.25, -0.2) is 0 Å². The number of hydrogen-bond donors (Lipinski definition) is 1. The maximum atomic E-state index is 13.7. The van der Waals surface area contributed by atoms with Crippen molar-refractivity contribution < 1.29 is 9.59 Å². The predicted octanol–water partition coefficient (Wildman–Crippen LogP) is 6.24. The van der Waals surface area contributed by atoms with Crippen molar-refractivity contribution in [3.05, 3.63) is 105 Å². The summed E-state index contributed by atoms with van der Waals surface area (Å²) in [5.41, 5.74) is 6.74. The molecule has 3 aromatic rings. The van der Waals surface area contributed by atoms with Crippen LogP contribution < -0.4 is 10.2 Å². The summed E-state index contributed by atoms with van der Waals surface area (Å²) in [5.74, 6) is -0.658. The Balaban J connectivity index is 1.73. The largest absolute Gasteiger partial charge is 0.321 e. The van der Waals surface area contributed by atoms with Gasteiger partial charge in [-0.15, -0.1) is 0 Å². The van der Waals surface area contributed by atoms with Crippen molar-refractivity contribution in [1.82, 2.24) is 0 Å². The van der Waals surface area contributed by atoms with Gasteiger partial charge in [0.05, 0.1) is 5.25 Å². The Bertz CT molecular complexity index is 1390. The molecule has 1 aliphatic heterocycles. The van der Waals surface area contributed by atoms with Crippen LogP contribution in [0.25, 0.3) is 0 Å². The van der Waals surface area contributed by atoms with Crippen LogP contribution in [-0.4, -0.2) is 17.1 Å². The van der Waals surface area contributed by atoms with Crippen LogP contribution in [0.3, 0.4) is 0 Å². The number of anilines is 2. The Labute approximate surface area is 216 Å². The second-order valence-corrected chi connectivity index (χ2v) is 10.2. The minimum absolute atomic E-state index is 0.0722. The average molecular weight is 496 g/mol. The Morgan fingerprint density at radius 1 is 1.00 bits per heavy atom. The standard InChI is InChI=1S/C30H29N3O2S/c1-5-22-11-13-25(14-12-22)33-29(35)27(17-23-10-9-20(3)21(4)16-23)36-30(33)26(18-31)28(34)32-24-8-6-7-19(2)15-24/h6-16,27H,5,17H2,1-4H3,(H,32,34)/b30-26-. The third-order valence-electron chi connectivity index (χ3n) is 6.38. The highest BCUT2D eigenvalue weighted by Gasteiger charge is 2.40. The second kappa shape index (κ2) is 10.8. The first-order chi connectivity index (χ1) is 17.3. The van der Waals surface area contributed by atoms with E-state index >= 15 is 0 Å². The first-order valence-corrected chi connectivity index (χ1v) is 12.9. The van der Waals surface area contributed by atoms with E-state index in [0.29, 0.717) is 22.8 Å². The topological polar surface area (TPSA) is 73.2 Å². The van der Waals surface area contributed by atoms with Gasteiger partial charge in [0.15, 0.2) is 0 Å². The van der Waals surface area contributed by atoms with Gasteiger partial charge >= 0.3 is 0 Å². The summed E-state index contributed by atoms with van der Waals surface area (Å²) in [6.07, 6.45) is 1.39. The third-order valence-corrected chi connectivity index (χ3v) is 7.64. The molecule has 1 unspecified atom stereocenters. The molecule has 6 heteroatoms. The Kier molecular flexibility index (Phi) is 7.61. The summed E-state index contributed by atoms with van der Waals surface area (Å²) < 4.78 is 0. The molecule has 1 atom stereocenters. The van der Waals surface area contributed by atoms with Crippen LogP contribution in [0.5, 0.6) is 0 Å². The lowest BCUT2D eigenvalue weighted by atomic mass is 10.0. The molecule has 0 saturated carbocycles. The number of thioether (sulfide) groups is 1. The van der Waals surface area contributed by atoms with Crippen LogP contribution in [0.15, 0.2) is 77.3 Å². The average Bonchev–Trinajstić information content (AvgIpc) is 3.17. The number of rotatable bonds is 6. The fraction of sp³-hybridized carbons (Fsp3) is 0.233. The van der Waals surface area contributed by atoms with E-state index in [9.17, 15) is 14.9 Å². The third kappa shape index (κ3) is 5.37. The first-order valence-electron chi connectivity index (χ1n) is 12.0. The van der Waals surface area contributed by atoms with E-state index in [1.165, 1.54) is 27.8 Å². The zero-order valence-electron chi connectivity index (χ0n) is 21.0. The summed E-state index contributed by atoms with van der Waals surface area (Å²) in [4.78, 5) is 28.5. The highest BCUT2D eigenvalue weighted by Crippen LogP contribution is 2.42. The lowest BCUT2D eigenvalue weighted by Gasteiger charge is -2.19. The molecule has 1 saturated heterocycles. The van der Waals surface area contributed by atoms with E-state index < -0.39 is 11.2 Å². The van der Waals surface area contributed by atoms with Crippen molar-refractivity contribution in [2.24, 2.45) is 0 Å². The van der Waals surface area contributed by atoms with E-state index in [1.54, 1.807) is 6.07 Å². The van der Waals surface area contributed by atoms with E-state index in [-0.39, 0.29) is 11.5 Å². The maximum absolute atomic E-state index is 13.7. The number of carbonyl (C=O) groups is 2. The Morgan fingerprint density at radius 2 is 1.72 bits per heavy atom. The molecule has 1 N–H and O–H groups in total. The summed E-state index contributed by atoms with van der Waals surface area (Å²) in [5, 5.41) is 12.8. The summed E-state index contributed by atoms with van der Waals surface area (Å²) in [6.45, 7) is 8.12. The normalized spacial score (nSPS) is 16.6. The maximum Gasteiger partial charge on any atom is 0.269 e. The van der Waals surface area contributed by atoms with Crippen molar-refractivity contribution in [3.63, 3.8) is 0 Å². The smallest absolute Gasteiger partial charge is 0.269 e. The summed E-state index contributed by atoms with van der Waals surface area (Å²) in [6, 6.07) is 23.4. The zero-order valence-corrected chi connectivity index (χ0v) is 21.8. The minimum atomic E-state index is -0.527. The molecule has 0 aromatic heterocycles. The van der Waals surface area contributed by atoms with E-state index in [4.69, 9.17) is 0 Å². The molecule has 0 spiro atoms. The van der Waals surface area contributed by atoms with Gasteiger partial charge in [-0.1, -0.05) is 61.2 Å². The Morgan fingerprint density at radius 3 is 2.36 bits per heavy atom. The fourth-order valence-corrected chi connectivity index (χ4v) is 5.47. The van der Waals surface area contributed by atoms with Gasteiger partial charge in [-0.3, -0.25) is 14.5 Å². The van der Waals surface area contributed by atoms with Crippen LogP contribution in [0.2, 0.25) is 0 Å². The molecule has 2 amide bonds. The number of nitrogens with zero attached hydrogens (tertiary/aromatic N) is 2. The highest BCUT2D eigenvalue weighted by molar-refractivity contribution is 8.05. The molecule has 0 bridgehead atoms. The van der Waals surface area contributed by atoms with Gasteiger partial charge in [0.1, 0.15) is 16.7 Å². The van der Waals surface area contributed by atoms with Gasteiger partial charge in [-0.05, 0) is 85.7 Å². The molecule has 5 nitrogen and oxygen atoms in total. The molecule has 1 aliphatic rings. The van der Waals surface area contributed by atoms with Gasteiger partial charge in [0, 0.05) is 11.4 Å². The van der Waals surface area contributed by atoms with Crippen molar-refractivity contribution in [1.29, 1.82) is 5.26 Å². The lowest BCUT2D eigenvalue weighted by molar-refractivity contribution is -0.117. The molecular formula is C30H29N3O2S. The molecule has 1 heterocycles. The number of benzene rings is 3. The van der Waals surface area contributed by atoms with Crippen molar-refractivity contribution in [2.45, 2.75) is 45.8 Å². The van der Waals surface area contributed by atoms with Gasteiger partial charge in [-0.2, -0.15) is 5.26 Å². The van der Waals surface area contributed by atoms with Gasteiger partial charge in [0.2, 0.25) is 5.91 Å². The second-order valence-electron chi connectivity index (χ2n) is 9.04. The van der Waals surface area contributed by atoms with E-state index in [2.05, 4.69) is 44.3 Å². The van der Waals surface area contributed by atoms with Crippen molar-refractivity contribution in [3.8, 4) is 6.07 Å². The molecule has 0 aliphatic carbocycles. The molecule has 182 valence electrons. The monoisotopic (exact) mass is 495 g/mol. The van der Waals surface area contributed by atoms with Crippen LogP contribution in [-0.2, 0) is 22.4 Å². The molecule has 36 heavy (non-hydrogen) atoms. The van der Waals surface area contributed by atoms with Crippen LogP contribution in [0, 0.1) is 32.1 Å². The van der Waals surface area contributed by atoms with Crippen LogP contribution in [0.1, 0.15) is 34.7 Å². The van der Waals surface area contributed by atoms with Crippen molar-refractivity contribution in [2.75, 3.05) is 10.2 Å². The highest BCUT2D eigenvalue weighted by atomic mass is 32.2. The number of aryl methyl sites for hydroxylation is 4. The number of amides is 2. The van der Waals surface area contributed by atoms with Crippen molar-refractivity contribution >= 4 is 35.0 Å². The molecule has 4 rings (SSSR count). The number of carbonyl (C=O) groups excluding carboxylic acids is 2. The van der Waals surface area contributed by atoms with Gasteiger partial charge < -0.3 is 5.32 Å². The van der Waals surface area contributed by atoms with Gasteiger partial charge in [0.25, 0.3) is 5.91 Å². The van der Waals surface area contributed by atoms with Crippen LogP contribution >= 0.6 is 11.8 Å². The molecule has 3 aromatic carbocycles. The fourth-order valence-electron chi connectivity index (χ4n) is 4.16.